The monoisotopic (exact) mass is 488 g/mol. The molecule has 1 aromatic heterocycles. The van der Waals surface area contributed by atoms with Crippen LogP contribution in [0.2, 0.25) is 0 Å². The number of ether oxygens (including phenoxy) is 1. The maximum atomic E-state index is 13.6. The molecule has 5 rings (SSSR count). The van der Waals surface area contributed by atoms with E-state index in [1.165, 1.54) is 7.11 Å². The van der Waals surface area contributed by atoms with E-state index in [9.17, 15) is 9.59 Å². The summed E-state index contributed by atoms with van der Waals surface area (Å²) in [6.07, 6.45) is 8.25. The summed E-state index contributed by atoms with van der Waals surface area (Å²) in [5.74, 6) is 1.41. The lowest BCUT2D eigenvalue weighted by atomic mass is 9.99. The Balaban J connectivity index is 1.27. The number of rotatable bonds is 5. The van der Waals surface area contributed by atoms with Crippen molar-refractivity contribution in [1.29, 1.82) is 0 Å². The van der Waals surface area contributed by atoms with E-state index in [1.807, 2.05) is 23.1 Å². The van der Waals surface area contributed by atoms with Gasteiger partial charge in [-0.2, -0.15) is 0 Å². The van der Waals surface area contributed by atoms with Crippen LogP contribution in [0.25, 0.3) is 11.3 Å². The Labute approximate surface area is 211 Å². The molecule has 1 unspecified atom stereocenters. The highest BCUT2D eigenvalue weighted by atomic mass is 16.5. The largest absolute Gasteiger partial charge is 0.465 e. The number of methoxy groups -OCH3 is 1. The van der Waals surface area contributed by atoms with Crippen molar-refractivity contribution < 1.29 is 18.7 Å². The first kappa shape index (κ1) is 24.1. The van der Waals surface area contributed by atoms with Gasteiger partial charge in [0, 0.05) is 49.0 Å². The molecule has 0 bridgehead atoms. The molecule has 0 saturated carbocycles. The number of hydrogen-bond donors (Lipinski definition) is 0. The third kappa shape index (κ3) is 4.60. The summed E-state index contributed by atoms with van der Waals surface area (Å²) in [5.41, 5.74) is 2.55. The second kappa shape index (κ2) is 10.1. The van der Waals surface area contributed by atoms with E-state index in [0.29, 0.717) is 18.7 Å². The molecule has 1 aliphatic carbocycles. The number of hydrogen-bond acceptors (Lipinski definition) is 7. The molecule has 3 atom stereocenters. The highest BCUT2D eigenvalue weighted by Gasteiger charge is 2.35. The van der Waals surface area contributed by atoms with Crippen LogP contribution >= 0.6 is 0 Å². The molecule has 1 amide bonds. The van der Waals surface area contributed by atoms with Gasteiger partial charge < -0.3 is 19.0 Å². The standard InChI is InChI=1S/C28H32N4O4/c1-19-16-30(25-12-10-22(15-29-25)28(34)35-3)17-20(2)32(19)18-26(33)31-13-5-4-8-24(31)23-11-9-21-7-6-14-36-27(21)23/h4-7,9-12,14-15,19-20,24H,8,13,16-18H2,1-3H3/t19-,20+,24?. The first-order valence-electron chi connectivity index (χ1n) is 12.4. The third-order valence-corrected chi connectivity index (χ3v) is 7.30. The van der Waals surface area contributed by atoms with Crippen LogP contribution in [0.3, 0.4) is 0 Å². The number of nitrogens with zero attached hydrogens (tertiary/aromatic N) is 4. The minimum absolute atomic E-state index is 0.0319. The fourth-order valence-electron chi connectivity index (χ4n) is 5.43. The van der Waals surface area contributed by atoms with Crippen molar-refractivity contribution in [3.8, 4) is 11.3 Å². The molecular formula is C28H32N4O4. The van der Waals surface area contributed by atoms with Gasteiger partial charge in [0.1, 0.15) is 11.6 Å². The van der Waals surface area contributed by atoms with Gasteiger partial charge in [-0.1, -0.05) is 24.3 Å². The molecule has 0 N–H and O–H groups in total. The Kier molecular flexibility index (Phi) is 6.78. The molecule has 8 nitrogen and oxygen atoms in total. The zero-order chi connectivity index (χ0) is 25.2. The molecule has 8 heteroatoms. The zero-order valence-electron chi connectivity index (χ0n) is 21.0. The van der Waals surface area contributed by atoms with E-state index in [0.717, 1.165) is 42.2 Å². The van der Waals surface area contributed by atoms with Gasteiger partial charge in [0.25, 0.3) is 0 Å². The van der Waals surface area contributed by atoms with E-state index in [1.54, 1.807) is 18.5 Å². The molecule has 3 aliphatic heterocycles. The molecule has 4 aliphatic rings. The van der Waals surface area contributed by atoms with Crippen LogP contribution in [-0.4, -0.2) is 72.0 Å². The van der Waals surface area contributed by atoms with Crippen molar-refractivity contribution in [1.82, 2.24) is 14.8 Å². The highest BCUT2D eigenvalue weighted by Crippen LogP contribution is 2.38. The highest BCUT2D eigenvalue weighted by molar-refractivity contribution is 5.89. The van der Waals surface area contributed by atoms with Gasteiger partial charge in [-0.25, -0.2) is 9.78 Å². The minimum Gasteiger partial charge on any atom is -0.465 e. The molecule has 1 fully saturated rings. The van der Waals surface area contributed by atoms with E-state index < -0.39 is 5.97 Å². The van der Waals surface area contributed by atoms with E-state index in [4.69, 9.17) is 9.15 Å². The number of carbonyl (C=O) groups excluding carboxylic acids is 2. The van der Waals surface area contributed by atoms with Crippen molar-refractivity contribution >= 4 is 17.7 Å². The Morgan fingerprint density at radius 3 is 2.61 bits per heavy atom. The van der Waals surface area contributed by atoms with Gasteiger partial charge in [-0.05, 0) is 44.5 Å². The number of pyridine rings is 1. The number of esters is 1. The first-order chi connectivity index (χ1) is 17.5. The number of aromatic nitrogens is 1. The van der Waals surface area contributed by atoms with Crippen LogP contribution in [-0.2, 0) is 9.53 Å². The Bertz CT molecular complexity index is 1210. The van der Waals surface area contributed by atoms with Crippen molar-refractivity contribution in [3.63, 3.8) is 0 Å². The number of amides is 1. The number of anilines is 1. The Morgan fingerprint density at radius 2 is 1.89 bits per heavy atom. The average Bonchev–Trinajstić information content (AvgIpc) is 3.34. The number of piperazine rings is 1. The van der Waals surface area contributed by atoms with Gasteiger partial charge in [-0.3, -0.25) is 9.69 Å². The number of fused-ring (bicyclic) bond motifs is 1. The van der Waals surface area contributed by atoms with Crippen molar-refractivity contribution in [2.75, 3.05) is 38.2 Å². The van der Waals surface area contributed by atoms with E-state index in [-0.39, 0.29) is 24.0 Å². The van der Waals surface area contributed by atoms with Gasteiger partial charge in [0.05, 0.1) is 31.5 Å². The molecule has 0 radical (unpaired) electrons. The maximum Gasteiger partial charge on any atom is 0.339 e. The average molecular weight is 489 g/mol. The topological polar surface area (TPSA) is 79.1 Å². The van der Waals surface area contributed by atoms with Crippen LogP contribution in [0.1, 0.15) is 42.2 Å². The van der Waals surface area contributed by atoms with Crippen LogP contribution in [0.15, 0.2) is 65.4 Å². The van der Waals surface area contributed by atoms with E-state index in [2.05, 4.69) is 52.9 Å². The lowest BCUT2D eigenvalue weighted by Crippen LogP contribution is -2.59. The Morgan fingerprint density at radius 1 is 1.08 bits per heavy atom. The summed E-state index contributed by atoms with van der Waals surface area (Å²) in [6, 6.07) is 12.0. The minimum atomic E-state index is -0.395. The molecule has 36 heavy (non-hydrogen) atoms. The predicted molar refractivity (Wildman–Crippen MR) is 137 cm³/mol. The summed E-state index contributed by atoms with van der Waals surface area (Å²) >= 11 is 0. The molecule has 0 spiro atoms. The molecule has 188 valence electrons. The van der Waals surface area contributed by atoms with Gasteiger partial charge >= 0.3 is 5.97 Å². The molecule has 0 aromatic carbocycles. The van der Waals surface area contributed by atoms with Crippen LogP contribution in [0, 0.1) is 0 Å². The summed E-state index contributed by atoms with van der Waals surface area (Å²) in [6.45, 7) is 6.76. The summed E-state index contributed by atoms with van der Waals surface area (Å²) in [5, 5.41) is 0. The lowest BCUT2D eigenvalue weighted by Gasteiger charge is -2.45. The van der Waals surface area contributed by atoms with Crippen molar-refractivity contribution in [3.05, 3.63) is 72.1 Å². The van der Waals surface area contributed by atoms with Gasteiger partial charge in [0.15, 0.2) is 0 Å². The third-order valence-electron chi connectivity index (χ3n) is 7.30. The molecule has 1 saturated heterocycles. The second-order valence-electron chi connectivity index (χ2n) is 9.63. The van der Waals surface area contributed by atoms with Crippen molar-refractivity contribution in [2.24, 2.45) is 0 Å². The van der Waals surface area contributed by atoms with Crippen LogP contribution in [0.5, 0.6) is 0 Å². The van der Waals surface area contributed by atoms with Crippen LogP contribution < -0.4 is 4.90 Å². The predicted octanol–water partition coefficient (Wildman–Crippen LogP) is 3.99. The fraction of sp³-hybridized carbons (Fsp3) is 0.393. The summed E-state index contributed by atoms with van der Waals surface area (Å²) in [4.78, 5) is 36.3. The smallest absolute Gasteiger partial charge is 0.339 e. The van der Waals surface area contributed by atoms with Crippen molar-refractivity contribution in [2.45, 2.75) is 38.4 Å². The first-order valence-corrected chi connectivity index (χ1v) is 12.4. The van der Waals surface area contributed by atoms with E-state index >= 15 is 0 Å². The SMILES string of the molecule is COC(=O)c1ccc(N2C[C@@H](C)N(CC(=O)N3CC=CCC3c3ccc4cccoc3-4)[C@@H](C)C2)nc1. The quantitative estimate of drug-likeness (QED) is 0.397. The normalized spacial score (nSPS) is 22.7. The molecule has 1 aromatic rings. The van der Waals surface area contributed by atoms with Gasteiger partial charge in [-0.15, -0.1) is 0 Å². The second-order valence-corrected chi connectivity index (χ2v) is 9.63. The fourth-order valence-corrected chi connectivity index (χ4v) is 5.43. The molecule has 4 heterocycles. The summed E-state index contributed by atoms with van der Waals surface area (Å²) in [7, 11) is 1.36. The Hall–Kier alpha value is -3.65. The summed E-state index contributed by atoms with van der Waals surface area (Å²) < 4.78 is 10.6. The van der Waals surface area contributed by atoms with Gasteiger partial charge in [0.2, 0.25) is 5.91 Å². The number of carbonyl (C=O) groups is 2. The lowest BCUT2D eigenvalue weighted by molar-refractivity contribution is -0.136. The van der Waals surface area contributed by atoms with Crippen LogP contribution in [0.4, 0.5) is 5.82 Å². The maximum absolute atomic E-state index is 13.6. The molecular weight excluding hydrogens is 456 g/mol. The zero-order valence-corrected chi connectivity index (χ0v) is 21.0.